The Labute approximate surface area is 126 Å². The van der Waals surface area contributed by atoms with E-state index in [2.05, 4.69) is 0 Å². The highest BCUT2D eigenvalue weighted by Gasteiger charge is 2.33. The number of carbonyl (C=O) groups is 1. The molecule has 0 bridgehead atoms. The number of rotatable bonds is 3. The summed E-state index contributed by atoms with van der Waals surface area (Å²) in [5, 5.41) is 0. The second kappa shape index (κ2) is 7.62. The SMILES string of the molecule is CC[C@H](N)C(=O)N1CC(C)OCC1c1ccccc1.Cl. The highest BCUT2D eigenvalue weighted by molar-refractivity contribution is 5.85. The first kappa shape index (κ1) is 17.0. The summed E-state index contributed by atoms with van der Waals surface area (Å²) in [6.45, 7) is 5.06. The Morgan fingerprint density at radius 3 is 2.70 bits per heavy atom. The zero-order valence-corrected chi connectivity index (χ0v) is 12.8. The fourth-order valence-electron chi connectivity index (χ4n) is 2.38. The molecule has 1 aromatic rings. The molecule has 2 unspecified atom stereocenters. The highest BCUT2D eigenvalue weighted by atomic mass is 35.5. The molecule has 5 heteroatoms. The van der Waals surface area contributed by atoms with Crippen LogP contribution >= 0.6 is 12.4 Å². The van der Waals surface area contributed by atoms with Crippen molar-refractivity contribution in [2.24, 2.45) is 5.73 Å². The minimum atomic E-state index is -0.420. The molecule has 1 aliphatic heterocycles. The number of hydrogen-bond donors (Lipinski definition) is 1. The number of amides is 1. The lowest BCUT2D eigenvalue weighted by molar-refractivity contribution is -0.146. The summed E-state index contributed by atoms with van der Waals surface area (Å²) in [6, 6.07) is 9.55. The van der Waals surface area contributed by atoms with Crippen molar-refractivity contribution < 1.29 is 9.53 Å². The minimum absolute atomic E-state index is 0. The summed E-state index contributed by atoms with van der Waals surface area (Å²) >= 11 is 0. The number of morpholine rings is 1. The van der Waals surface area contributed by atoms with E-state index in [4.69, 9.17) is 10.5 Å². The third-order valence-electron chi connectivity index (χ3n) is 3.59. The Bertz CT molecular complexity index is 427. The molecule has 1 fully saturated rings. The van der Waals surface area contributed by atoms with Crippen molar-refractivity contribution in [1.82, 2.24) is 4.90 Å². The summed E-state index contributed by atoms with van der Waals surface area (Å²) in [4.78, 5) is 14.3. The van der Waals surface area contributed by atoms with E-state index >= 15 is 0 Å². The lowest BCUT2D eigenvalue weighted by atomic mass is 10.0. The van der Waals surface area contributed by atoms with Crippen LogP contribution in [0.25, 0.3) is 0 Å². The van der Waals surface area contributed by atoms with Gasteiger partial charge in [0.25, 0.3) is 0 Å². The van der Waals surface area contributed by atoms with Gasteiger partial charge in [-0.25, -0.2) is 0 Å². The lowest BCUT2D eigenvalue weighted by Crippen LogP contribution is -2.52. The Hall–Kier alpha value is -1.10. The highest BCUT2D eigenvalue weighted by Crippen LogP contribution is 2.26. The first-order chi connectivity index (χ1) is 9.13. The molecule has 0 radical (unpaired) electrons. The number of carbonyl (C=O) groups excluding carboxylic acids is 1. The number of hydrogen-bond acceptors (Lipinski definition) is 3. The third-order valence-corrected chi connectivity index (χ3v) is 3.59. The Balaban J connectivity index is 0.00000200. The monoisotopic (exact) mass is 298 g/mol. The van der Waals surface area contributed by atoms with Crippen molar-refractivity contribution in [3.05, 3.63) is 35.9 Å². The molecule has 2 rings (SSSR count). The molecule has 4 nitrogen and oxygen atoms in total. The predicted molar refractivity (Wildman–Crippen MR) is 81.8 cm³/mol. The van der Waals surface area contributed by atoms with Crippen molar-refractivity contribution in [3.8, 4) is 0 Å². The summed E-state index contributed by atoms with van der Waals surface area (Å²) in [5.74, 6) is 0.0199. The molecule has 1 aliphatic rings. The largest absolute Gasteiger partial charge is 0.374 e. The van der Waals surface area contributed by atoms with Gasteiger partial charge in [0.05, 0.1) is 24.8 Å². The van der Waals surface area contributed by atoms with Crippen LogP contribution in [0.3, 0.4) is 0 Å². The Morgan fingerprint density at radius 1 is 1.45 bits per heavy atom. The van der Waals surface area contributed by atoms with Gasteiger partial charge in [0.2, 0.25) is 5.91 Å². The average Bonchev–Trinajstić information content (AvgIpc) is 2.46. The summed E-state index contributed by atoms with van der Waals surface area (Å²) in [5.41, 5.74) is 7.00. The van der Waals surface area contributed by atoms with Gasteiger partial charge in [0.15, 0.2) is 0 Å². The van der Waals surface area contributed by atoms with Crippen LogP contribution < -0.4 is 5.73 Å². The van der Waals surface area contributed by atoms with Gasteiger partial charge in [-0.05, 0) is 18.9 Å². The second-order valence-corrected chi connectivity index (χ2v) is 5.08. The van der Waals surface area contributed by atoms with Gasteiger partial charge in [-0.3, -0.25) is 4.79 Å². The molecule has 112 valence electrons. The normalized spacial score (nSPS) is 23.9. The predicted octanol–water partition coefficient (Wildman–Crippen LogP) is 2.13. The molecule has 1 amide bonds. The molecule has 3 atom stereocenters. The quantitative estimate of drug-likeness (QED) is 0.930. The Kier molecular flexibility index (Phi) is 6.46. The summed E-state index contributed by atoms with van der Waals surface area (Å²) in [7, 11) is 0. The van der Waals surface area contributed by atoms with Crippen LogP contribution in [0.15, 0.2) is 30.3 Å². The lowest BCUT2D eigenvalue weighted by Gasteiger charge is -2.40. The number of nitrogens with two attached hydrogens (primary N) is 1. The standard InChI is InChI=1S/C15H22N2O2.ClH/c1-3-13(16)15(18)17-9-11(2)19-10-14(17)12-7-5-4-6-8-12;/h4-8,11,13-14H,3,9-10,16H2,1-2H3;1H/t11?,13-,14?;/m0./s1. The molecule has 2 N–H and O–H groups in total. The molecule has 1 heterocycles. The molecule has 1 aromatic carbocycles. The summed E-state index contributed by atoms with van der Waals surface area (Å²) in [6.07, 6.45) is 0.722. The van der Waals surface area contributed by atoms with E-state index in [9.17, 15) is 4.79 Å². The van der Waals surface area contributed by atoms with E-state index in [1.165, 1.54) is 0 Å². The zero-order valence-electron chi connectivity index (χ0n) is 12.0. The number of ether oxygens (including phenoxy) is 1. The maximum Gasteiger partial charge on any atom is 0.240 e. The molecular weight excluding hydrogens is 276 g/mol. The first-order valence-electron chi connectivity index (χ1n) is 6.86. The van der Waals surface area contributed by atoms with E-state index in [1.54, 1.807) is 0 Å². The van der Waals surface area contributed by atoms with Crippen LogP contribution in [0.2, 0.25) is 0 Å². The van der Waals surface area contributed by atoms with Crippen molar-refractivity contribution >= 4 is 18.3 Å². The van der Waals surface area contributed by atoms with Crippen LogP contribution in [0.1, 0.15) is 31.9 Å². The topological polar surface area (TPSA) is 55.6 Å². The van der Waals surface area contributed by atoms with Gasteiger partial charge in [-0.1, -0.05) is 37.3 Å². The van der Waals surface area contributed by atoms with Gasteiger partial charge in [0, 0.05) is 6.54 Å². The molecule has 0 aliphatic carbocycles. The first-order valence-corrected chi connectivity index (χ1v) is 6.86. The van der Waals surface area contributed by atoms with E-state index in [1.807, 2.05) is 49.1 Å². The van der Waals surface area contributed by atoms with Crippen LogP contribution in [0, 0.1) is 0 Å². The van der Waals surface area contributed by atoms with Gasteiger partial charge >= 0.3 is 0 Å². The summed E-state index contributed by atoms with van der Waals surface area (Å²) < 4.78 is 5.70. The van der Waals surface area contributed by atoms with Gasteiger partial charge in [0.1, 0.15) is 0 Å². The van der Waals surface area contributed by atoms with E-state index in [0.717, 1.165) is 5.56 Å². The average molecular weight is 299 g/mol. The number of benzene rings is 1. The van der Waals surface area contributed by atoms with E-state index < -0.39 is 6.04 Å². The maximum absolute atomic E-state index is 12.4. The van der Waals surface area contributed by atoms with Crippen molar-refractivity contribution in [3.63, 3.8) is 0 Å². The van der Waals surface area contributed by atoms with Crippen molar-refractivity contribution in [2.45, 2.75) is 38.5 Å². The van der Waals surface area contributed by atoms with E-state index in [-0.39, 0.29) is 30.5 Å². The molecule has 0 spiro atoms. The molecule has 0 aromatic heterocycles. The molecule has 1 saturated heterocycles. The van der Waals surface area contributed by atoms with Crippen LogP contribution in [0.4, 0.5) is 0 Å². The third kappa shape index (κ3) is 3.72. The fraction of sp³-hybridized carbons (Fsp3) is 0.533. The maximum atomic E-state index is 12.4. The number of nitrogens with zero attached hydrogens (tertiary/aromatic N) is 1. The Morgan fingerprint density at radius 2 is 2.10 bits per heavy atom. The van der Waals surface area contributed by atoms with Crippen molar-refractivity contribution in [2.75, 3.05) is 13.2 Å². The zero-order chi connectivity index (χ0) is 13.8. The van der Waals surface area contributed by atoms with Crippen LogP contribution in [-0.2, 0) is 9.53 Å². The van der Waals surface area contributed by atoms with Crippen LogP contribution in [0.5, 0.6) is 0 Å². The minimum Gasteiger partial charge on any atom is -0.374 e. The van der Waals surface area contributed by atoms with E-state index in [0.29, 0.717) is 19.6 Å². The molecule has 0 saturated carbocycles. The van der Waals surface area contributed by atoms with Gasteiger partial charge in [-0.15, -0.1) is 12.4 Å². The van der Waals surface area contributed by atoms with Crippen molar-refractivity contribution in [1.29, 1.82) is 0 Å². The number of halogens is 1. The molecule has 20 heavy (non-hydrogen) atoms. The fourth-order valence-corrected chi connectivity index (χ4v) is 2.38. The van der Waals surface area contributed by atoms with Gasteiger partial charge < -0.3 is 15.4 Å². The molecular formula is C15H23ClN2O2. The smallest absolute Gasteiger partial charge is 0.240 e. The van der Waals surface area contributed by atoms with Crippen LogP contribution in [-0.4, -0.2) is 36.1 Å². The second-order valence-electron chi connectivity index (χ2n) is 5.08. The van der Waals surface area contributed by atoms with Gasteiger partial charge in [-0.2, -0.15) is 0 Å².